The summed E-state index contributed by atoms with van der Waals surface area (Å²) < 4.78 is 16.4. The lowest BCUT2D eigenvalue weighted by Gasteiger charge is -2.32. The molecule has 0 bridgehead atoms. The number of anilines is 2. The monoisotopic (exact) mass is 322 g/mol. The molecule has 2 atom stereocenters. The fourth-order valence-electron chi connectivity index (χ4n) is 2.94. The Morgan fingerprint density at radius 2 is 2.09 bits per heavy atom. The summed E-state index contributed by atoms with van der Waals surface area (Å²) in [6.07, 6.45) is 1.85. The standard InChI is InChI=1S/C16H26N4O3/c1-3-12-10-15(18-13-4-7-23-11-14(13)21-2)19-16(17-12)20-5-8-22-9-6-20/h10,13-14H,3-9,11H2,1-2H3,(H,17,18,19)/t13-,14-/m0/s1. The Labute approximate surface area is 137 Å². The number of nitrogens with one attached hydrogen (secondary N) is 1. The predicted octanol–water partition coefficient (Wildman–Crippen LogP) is 1.09. The maximum Gasteiger partial charge on any atom is 0.227 e. The van der Waals surface area contributed by atoms with E-state index >= 15 is 0 Å². The van der Waals surface area contributed by atoms with Crippen LogP contribution in [0.2, 0.25) is 0 Å². The van der Waals surface area contributed by atoms with E-state index in [1.54, 1.807) is 7.11 Å². The van der Waals surface area contributed by atoms with Gasteiger partial charge in [-0.05, 0) is 12.8 Å². The van der Waals surface area contributed by atoms with Crippen molar-refractivity contribution in [1.29, 1.82) is 0 Å². The van der Waals surface area contributed by atoms with Crippen molar-refractivity contribution in [1.82, 2.24) is 9.97 Å². The van der Waals surface area contributed by atoms with E-state index in [-0.39, 0.29) is 12.1 Å². The van der Waals surface area contributed by atoms with E-state index < -0.39 is 0 Å². The SMILES string of the molecule is CCc1cc(N[C@H]2CCOC[C@@H]2OC)nc(N2CCOCC2)n1. The third kappa shape index (κ3) is 4.10. The van der Waals surface area contributed by atoms with Crippen molar-refractivity contribution >= 4 is 11.8 Å². The summed E-state index contributed by atoms with van der Waals surface area (Å²) in [5.74, 6) is 1.66. The third-order valence-corrected chi connectivity index (χ3v) is 4.36. The molecule has 0 spiro atoms. The molecule has 2 saturated heterocycles. The average molecular weight is 322 g/mol. The number of hydrogen-bond acceptors (Lipinski definition) is 7. The van der Waals surface area contributed by atoms with Gasteiger partial charge in [-0.25, -0.2) is 4.98 Å². The number of morpholine rings is 1. The minimum Gasteiger partial charge on any atom is -0.379 e. The Bertz CT molecular complexity index is 508. The first-order chi connectivity index (χ1) is 11.3. The number of aromatic nitrogens is 2. The van der Waals surface area contributed by atoms with E-state index in [4.69, 9.17) is 19.2 Å². The molecule has 7 heteroatoms. The maximum absolute atomic E-state index is 5.52. The van der Waals surface area contributed by atoms with E-state index in [9.17, 15) is 0 Å². The zero-order valence-corrected chi connectivity index (χ0v) is 14.0. The molecule has 2 aliphatic rings. The lowest BCUT2D eigenvalue weighted by Crippen LogP contribution is -2.43. The molecular weight excluding hydrogens is 296 g/mol. The normalized spacial score (nSPS) is 25.4. The maximum atomic E-state index is 5.52. The molecular formula is C16H26N4O3. The van der Waals surface area contributed by atoms with Crippen LogP contribution >= 0.6 is 0 Å². The van der Waals surface area contributed by atoms with E-state index in [0.717, 1.165) is 63.2 Å². The topological polar surface area (TPSA) is 68.7 Å². The summed E-state index contributed by atoms with van der Waals surface area (Å²) in [5.41, 5.74) is 1.05. The zero-order chi connectivity index (χ0) is 16.1. The van der Waals surface area contributed by atoms with Gasteiger partial charge in [0.1, 0.15) is 11.9 Å². The first-order valence-electron chi connectivity index (χ1n) is 8.38. The molecule has 0 aliphatic carbocycles. The van der Waals surface area contributed by atoms with Crippen LogP contribution in [0.25, 0.3) is 0 Å². The van der Waals surface area contributed by atoms with Gasteiger partial charge in [0, 0.05) is 38.6 Å². The molecule has 2 fully saturated rings. The Morgan fingerprint density at radius 1 is 1.26 bits per heavy atom. The smallest absolute Gasteiger partial charge is 0.227 e. The van der Waals surface area contributed by atoms with Crippen molar-refractivity contribution in [3.05, 3.63) is 11.8 Å². The van der Waals surface area contributed by atoms with Gasteiger partial charge in [0.2, 0.25) is 5.95 Å². The zero-order valence-electron chi connectivity index (χ0n) is 14.0. The fourth-order valence-corrected chi connectivity index (χ4v) is 2.94. The number of nitrogens with zero attached hydrogens (tertiary/aromatic N) is 3. The molecule has 1 aromatic heterocycles. The van der Waals surface area contributed by atoms with Gasteiger partial charge in [-0.2, -0.15) is 4.98 Å². The molecule has 0 radical (unpaired) electrons. The summed E-state index contributed by atoms with van der Waals surface area (Å²) in [6, 6.07) is 2.25. The molecule has 128 valence electrons. The fraction of sp³-hybridized carbons (Fsp3) is 0.750. The highest BCUT2D eigenvalue weighted by atomic mass is 16.5. The van der Waals surface area contributed by atoms with Crippen molar-refractivity contribution in [3.8, 4) is 0 Å². The van der Waals surface area contributed by atoms with Crippen LogP contribution in [-0.4, -0.2) is 68.7 Å². The molecule has 2 aliphatic heterocycles. The Hall–Kier alpha value is -1.44. The summed E-state index contributed by atoms with van der Waals surface area (Å²) in [5, 5.41) is 3.52. The van der Waals surface area contributed by atoms with Crippen LogP contribution < -0.4 is 10.2 Å². The highest BCUT2D eigenvalue weighted by molar-refractivity contribution is 5.45. The highest BCUT2D eigenvalue weighted by Crippen LogP contribution is 2.20. The lowest BCUT2D eigenvalue weighted by molar-refractivity contribution is -0.0367. The lowest BCUT2D eigenvalue weighted by atomic mass is 10.1. The predicted molar refractivity (Wildman–Crippen MR) is 88.1 cm³/mol. The van der Waals surface area contributed by atoms with Gasteiger partial charge in [-0.1, -0.05) is 6.92 Å². The molecule has 0 aromatic carbocycles. The van der Waals surface area contributed by atoms with Crippen molar-refractivity contribution in [2.45, 2.75) is 31.9 Å². The van der Waals surface area contributed by atoms with Crippen LogP contribution in [0.5, 0.6) is 0 Å². The molecule has 3 heterocycles. The van der Waals surface area contributed by atoms with E-state index in [1.165, 1.54) is 0 Å². The quantitative estimate of drug-likeness (QED) is 0.870. The van der Waals surface area contributed by atoms with Crippen LogP contribution in [0.15, 0.2) is 6.07 Å². The van der Waals surface area contributed by atoms with Crippen LogP contribution in [0, 0.1) is 0 Å². The van der Waals surface area contributed by atoms with Crippen molar-refractivity contribution < 1.29 is 14.2 Å². The second-order valence-electron chi connectivity index (χ2n) is 5.89. The van der Waals surface area contributed by atoms with Crippen molar-refractivity contribution in [3.63, 3.8) is 0 Å². The highest BCUT2D eigenvalue weighted by Gasteiger charge is 2.26. The molecule has 7 nitrogen and oxygen atoms in total. The van der Waals surface area contributed by atoms with Crippen LogP contribution in [-0.2, 0) is 20.6 Å². The second kappa shape index (κ2) is 7.90. The van der Waals surface area contributed by atoms with Gasteiger partial charge in [-0.3, -0.25) is 0 Å². The molecule has 1 aromatic rings. The summed E-state index contributed by atoms with van der Waals surface area (Å²) in [4.78, 5) is 11.6. The van der Waals surface area contributed by atoms with Gasteiger partial charge in [0.25, 0.3) is 0 Å². The van der Waals surface area contributed by atoms with E-state index in [0.29, 0.717) is 6.61 Å². The van der Waals surface area contributed by atoms with E-state index in [2.05, 4.69) is 22.1 Å². The summed E-state index contributed by atoms with van der Waals surface area (Å²) >= 11 is 0. The first kappa shape index (κ1) is 16.4. The van der Waals surface area contributed by atoms with Crippen molar-refractivity contribution in [2.24, 2.45) is 0 Å². The van der Waals surface area contributed by atoms with Crippen LogP contribution in [0.3, 0.4) is 0 Å². The van der Waals surface area contributed by atoms with Crippen LogP contribution in [0.4, 0.5) is 11.8 Å². The molecule has 0 unspecified atom stereocenters. The first-order valence-corrected chi connectivity index (χ1v) is 8.38. The minimum absolute atomic E-state index is 0.0515. The number of aryl methyl sites for hydroxylation is 1. The Balaban J connectivity index is 1.77. The number of hydrogen-bond donors (Lipinski definition) is 1. The van der Waals surface area contributed by atoms with Gasteiger partial charge >= 0.3 is 0 Å². The van der Waals surface area contributed by atoms with Gasteiger partial charge in [-0.15, -0.1) is 0 Å². The Kier molecular flexibility index (Phi) is 5.64. The summed E-state index contributed by atoms with van der Waals surface area (Å²) in [7, 11) is 1.73. The van der Waals surface area contributed by atoms with Gasteiger partial charge < -0.3 is 24.4 Å². The summed E-state index contributed by atoms with van der Waals surface area (Å²) in [6.45, 7) is 6.62. The van der Waals surface area contributed by atoms with Gasteiger partial charge in [0.15, 0.2) is 0 Å². The van der Waals surface area contributed by atoms with Crippen LogP contribution in [0.1, 0.15) is 19.0 Å². The average Bonchev–Trinajstić information content (AvgIpc) is 2.62. The Morgan fingerprint density at radius 3 is 2.83 bits per heavy atom. The van der Waals surface area contributed by atoms with Crippen molar-refractivity contribution in [2.75, 3.05) is 56.8 Å². The molecule has 1 N–H and O–H groups in total. The number of methoxy groups -OCH3 is 1. The number of rotatable bonds is 5. The minimum atomic E-state index is 0.0515. The molecule has 3 rings (SSSR count). The van der Waals surface area contributed by atoms with E-state index in [1.807, 2.05) is 6.07 Å². The largest absolute Gasteiger partial charge is 0.379 e. The third-order valence-electron chi connectivity index (χ3n) is 4.36. The number of ether oxygens (including phenoxy) is 3. The second-order valence-corrected chi connectivity index (χ2v) is 5.89. The molecule has 0 amide bonds. The molecule has 0 saturated carbocycles. The van der Waals surface area contributed by atoms with Gasteiger partial charge in [0.05, 0.1) is 25.9 Å². The molecule has 23 heavy (non-hydrogen) atoms.